The molecule has 0 unspecified atom stereocenters. The predicted octanol–water partition coefficient (Wildman–Crippen LogP) is 4.38. The molecule has 0 saturated heterocycles. The first-order valence-electron chi connectivity index (χ1n) is 8.43. The summed E-state index contributed by atoms with van der Waals surface area (Å²) in [5.74, 6) is 0. The van der Waals surface area contributed by atoms with Gasteiger partial charge in [-0.05, 0) is 35.7 Å². The van der Waals surface area contributed by atoms with E-state index in [1.807, 2.05) is 83.7 Å². The van der Waals surface area contributed by atoms with Crippen LogP contribution in [0.5, 0.6) is 0 Å². The van der Waals surface area contributed by atoms with E-state index in [1.165, 1.54) is 0 Å². The molecule has 4 rings (SSSR count). The molecule has 2 heterocycles. The SMILES string of the molecule is O=C(NCc1cn(-c2ccsc2)nn1)N(c1ccccc1)c1ccccc1. The Labute approximate surface area is 160 Å². The van der Waals surface area contributed by atoms with Crippen LogP contribution in [0.1, 0.15) is 5.69 Å². The maximum Gasteiger partial charge on any atom is 0.326 e. The van der Waals surface area contributed by atoms with Crippen molar-refractivity contribution < 1.29 is 4.79 Å². The number of hydrogen-bond donors (Lipinski definition) is 1. The van der Waals surface area contributed by atoms with Gasteiger partial charge >= 0.3 is 6.03 Å². The van der Waals surface area contributed by atoms with Crippen LogP contribution >= 0.6 is 11.3 Å². The normalized spacial score (nSPS) is 10.5. The fourth-order valence-corrected chi connectivity index (χ4v) is 3.30. The molecule has 2 aromatic heterocycles. The second-order valence-corrected chi connectivity index (χ2v) is 6.58. The summed E-state index contributed by atoms with van der Waals surface area (Å²) >= 11 is 1.60. The number of benzene rings is 2. The number of para-hydroxylation sites is 2. The number of carbonyl (C=O) groups is 1. The number of hydrogen-bond acceptors (Lipinski definition) is 4. The Bertz CT molecular complexity index is 960. The van der Waals surface area contributed by atoms with Gasteiger partial charge in [0.25, 0.3) is 0 Å². The highest BCUT2D eigenvalue weighted by atomic mass is 32.1. The summed E-state index contributed by atoms with van der Waals surface area (Å²) in [7, 11) is 0. The zero-order chi connectivity index (χ0) is 18.5. The van der Waals surface area contributed by atoms with Crippen LogP contribution in [-0.4, -0.2) is 21.0 Å². The average Bonchev–Trinajstić information content (AvgIpc) is 3.40. The summed E-state index contributed by atoms with van der Waals surface area (Å²) in [4.78, 5) is 14.6. The number of anilines is 2. The first kappa shape index (κ1) is 17.0. The van der Waals surface area contributed by atoms with Gasteiger partial charge in [0.15, 0.2) is 0 Å². The first-order valence-corrected chi connectivity index (χ1v) is 9.37. The van der Waals surface area contributed by atoms with Crippen LogP contribution in [0.25, 0.3) is 5.69 Å². The molecule has 7 heteroatoms. The number of aromatic nitrogens is 3. The Morgan fingerprint density at radius 1 is 1.00 bits per heavy atom. The molecule has 0 atom stereocenters. The summed E-state index contributed by atoms with van der Waals surface area (Å²) in [5, 5.41) is 15.1. The Hall–Kier alpha value is -3.45. The van der Waals surface area contributed by atoms with Gasteiger partial charge in [-0.15, -0.1) is 5.10 Å². The van der Waals surface area contributed by atoms with E-state index in [1.54, 1.807) is 20.9 Å². The van der Waals surface area contributed by atoms with Crippen molar-refractivity contribution in [3.8, 4) is 5.69 Å². The van der Waals surface area contributed by atoms with Gasteiger partial charge in [-0.25, -0.2) is 9.48 Å². The minimum absolute atomic E-state index is 0.225. The van der Waals surface area contributed by atoms with E-state index in [-0.39, 0.29) is 6.03 Å². The number of urea groups is 1. The molecule has 0 aliphatic carbocycles. The van der Waals surface area contributed by atoms with E-state index in [2.05, 4.69) is 15.6 Å². The molecule has 6 nitrogen and oxygen atoms in total. The molecule has 2 amide bonds. The van der Waals surface area contributed by atoms with Crippen molar-refractivity contribution in [2.45, 2.75) is 6.54 Å². The van der Waals surface area contributed by atoms with Crippen molar-refractivity contribution in [2.24, 2.45) is 0 Å². The van der Waals surface area contributed by atoms with Crippen LogP contribution in [0.3, 0.4) is 0 Å². The molecule has 134 valence electrons. The topological polar surface area (TPSA) is 63.1 Å². The number of carbonyl (C=O) groups excluding carboxylic acids is 1. The summed E-state index contributed by atoms with van der Waals surface area (Å²) in [6, 6.07) is 20.8. The summed E-state index contributed by atoms with van der Waals surface area (Å²) in [6.45, 7) is 0.291. The summed E-state index contributed by atoms with van der Waals surface area (Å²) < 4.78 is 1.70. The molecular formula is C20H17N5OS. The second-order valence-electron chi connectivity index (χ2n) is 5.80. The molecule has 0 spiro atoms. The zero-order valence-corrected chi connectivity index (χ0v) is 15.2. The van der Waals surface area contributed by atoms with Crippen molar-refractivity contribution in [3.05, 3.63) is 89.4 Å². The molecule has 0 saturated carbocycles. The van der Waals surface area contributed by atoms with Gasteiger partial charge < -0.3 is 5.32 Å². The lowest BCUT2D eigenvalue weighted by molar-refractivity contribution is 0.248. The highest BCUT2D eigenvalue weighted by Crippen LogP contribution is 2.24. The van der Waals surface area contributed by atoms with Crippen LogP contribution in [-0.2, 0) is 6.54 Å². The third kappa shape index (κ3) is 3.88. The molecule has 2 aromatic carbocycles. The van der Waals surface area contributed by atoms with E-state index in [0.717, 1.165) is 17.1 Å². The number of nitrogens with one attached hydrogen (secondary N) is 1. The molecule has 27 heavy (non-hydrogen) atoms. The molecule has 0 bridgehead atoms. The standard InChI is InChI=1S/C20H17N5OS/c26-20(21-13-16-14-24(23-22-16)19-11-12-27-15-19)25(17-7-3-1-4-8-17)18-9-5-2-6-10-18/h1-12,14-15H,13H2,(H,21,26). The zero-order valence-electron chi connectivity index (χ0n) is 14.4. The van der Waals surface area contributed by atoms with E-state index in [9.17, 15) is 4.79 Å². The number of nitrogens with zero attached hydrogens (tertiary/aromatic N) is 4. The van der Waals surface area contributed by atoms with Gasteiger partial charge in [-0.2, -0.15) is 11.3 Å². The summed E-state index contributed by atoms with van der Waals surface area (Å²) in [6.07, 6.45) is 1.82. The number of thiophene rings is 1. The molecule has 4 aromatic rings. The van der Waals surface area contributed by atoms with Crippen molar-refractivity contribution >= 4 is 28.7 Å². The van der Waals surface area contributed by atoms with Crippen LogP contribution < -0.4 is 10.2 Å². The predicted molar refractivity (Wildman–Crippen MR) is 106 cm³/mol. The van der Waals surface area contributed by atoms with Gasteiger partial charge in [-0.3, -0.25) is 4.90 Å². The van der Waals surface area contributed by atoms with E-state index in [4.69, 9.17) is 0 Å². The molecular weight excluding hydrogens is 358 g/mol. The second kappa shape index (κ2) is 7.84. The van der Waals surface area contributed by atoms with E-state index >= 15 is 0 Å². The highest BCUT2D eigenvalue weighted by Gasteiger charge is 2.17. The Morgan fingerprint density at radius 3 is 2.26 bits per heavy atom. The van der Waals surface area contributed by atoms with Crippen molar-refractivity contribution in [1.29, 1.82) is 0 Å². The molecule has 0 aliphatic heterocycles. The Kier molecular flexibility index (Phi) is 4.93. The van der Waals surface area contributed by atoms with E-state index < -0.39 is 0 Å². The third-order valence-corrected chi connectivity index (χ3v) is 4.63. The van der Waals surface area contributed by atoms with Crippen LogP contribution in [0.2, 0.25) is 0 Å². The fraction of sp³-hybridized carbons (Fsp3) is 0.0500. The quantitative estimate of drug-likeness (QED) is 0.563. The monoisotopic (exact) mass is 375 g/mol. The summed E-state index contributed by atoms with van der Waals surface area (Å²) in [5.41, 5.74) is 3.24. The lowest BCUT2D eigenvalue weighted by Crippen LogP contribution is -2.36. The maximum atomic E-state index is 12.9. The van der Waals surface area contributed by atoms with Gasteiger partial charge in [0.1, 0.15) is 5.69 Å². The minimum Gasteiger partial charge on any atom is -0.332 e. The molecule has 1 N–H and O–H groups in total. The Morgan fingerprint density at radius 2 is 1.67 bits per heavy atom. The maximum absolute atomic E-state index is 12.9. The smallest absolute Gasteiger partial charge is 0.326 e. The first-order chi connectivity index (χ1) is 13.3. The third-order valence-electron chi connectivity index (χ3n) is 3.96. The van der Waals surface area contributed by atoms with Crippen molar-refractivity contribution in [1.82, 2.24) is 20.3 Å². The molecule has 0 fully saturated rings. The van der Waals surface area contributed by atoms with Gasteiger partial charge in [-0.1, -0.05) is 41.6 Å². The molecule has 0 aliphatic rings. The van der Waals surface area contributed by atoms with Crippen molar-refractivity contribution in [2.75, 3.05) is 4.90 Å². The van der Waals surface area contributed by atoms with E-state index in [0.29, 0.717) is 12.2 Å². The molecule has 0 radical (unpaired) electrons. The van der Waals surface area contributed by atoms with Crippen LogP contribution in [0.15, 0.2) is 83.7 Å². The van der Waals surface area contributed by atoms with Crippen LogP contribution in [0, 0.1) is 0 Å². The lowest BCUT2D eigenvalue weighted by atomic mass is 10.2. The number of amides is 2. The van der Waals surface area contributed by atoms with Crippen molar-refractivity contribution in [3.63, 3.8) is 0 Å². The largest absolute Gasteiger partial charge is 0.332 e. The van der Waals surface area contributed by atoms with Crippen LogP contribution in [0.4, 0.5) is 16.2 Å². The Balaban J connectivity index is 1.51. The highest BCUT2D eigenvalue weighted by molar-refractivity contribution is 7.08. The van der Waals surface area contributed by atoms with Gasteiger partial charge in [0.05, 0.1) is 29.8 Å². The minimum atomic E-state index is -0.225. The average molecular weight is 375 g/mol. The van der Waals surface area contributed by atoms with Gasteiger partial charge in [0, 0.05) is 5.38 Å². The van der Waals surface area contributed by atoms with Gasteiger partial charge in [0.2, 0.25) is 0 Å². The lowest BCUT2D eigenvalue weighted by Gasteiger charge is -2.23. The fourth-order valence-electron chi connectivity index (χ4n) is 2.68. The number of rotatable bonds is 5.